The second-order valence-electron chi connectivity index (χ2n) is 6.67. The zero-order chi connectivity index (χ0) is 19.0. The monoisotopic (exact) mass is 360 g/mol. The Labute approximate surface area is 155 Å². The van der Waals surface area contributed by atoms with Crippen molar-refractivity contribution in [3.63, 3.8) is 0 Å². The van der Waals surface area contributed by atoms with Gasteiger partial charge in [0.1, 0.15) is 5.82 Å². The lowest BCUT2D eigenvalue weighted by Crippen LogP contribution is -2.30. The van der Waals surface area contributed by atoms with Crippen LogP contribution in [0.3, 0.4) is 0 Å². The van der Waals surface area contributed by atoms with Crippen LogP contribution in [0, 0.1) is 6.92 Å². The molecule has 0 fully saturated rings. The highest BCUT2D eigenvalue weighted by Crippen LogP contribution is 2.21. The number of nitrogens with one attached hydrogen (secondary N) is 3. The summed E-state index contributed by atoms with van der Waals surface area (Å²) in [4.78, 5) is 35.5. The summed E-state index contributed by atoms with van der Waals surface area (Å²) in [5.74, 6) is 0.418. The van der Waals surface area contributed by atoms with Crippen LogP contribution in [-0.4, -0.2) is 20.9 Å². The van der Waals surface area contributed by atoms with Crippen molar-refractivity contribution in [2.75, 3.05) is 0 Å². The van der Waals surface area contributed by atoms with Crippen LogP contribution in [0.15, 0.2) is 53.3 Å². The molecular formula is C21H20N4O2. The van der Waals surface area contributed by atoms with Crippen LogP contribution in [0.25, 0.3) is 21.9 Å². The third kappa shape index (κ3) is 3.21. The number of amides is 1. The first-order valence-corrected chi connectivity index (χ1v) is 8.94. The first-order valence-electron chi connectivity index (χ1n) is 8.94. The van der Waals surface area contributed by atoms with Crippen LogP contribution in [-0.2, 0) is 0 Å². The quantitative estimate of drug-likeness (QED) is 0.519. The minimum atomic E-state index is -0.300. The number of pyridine rings is 1. The Kier molecular flexibility index (Phi) is 4.24. The minimum absolute atomic E-state index is 0.275. The Balaban J connectivity index is 1.69. The van der Waals surface area contributed by atoms with E-state index in [1.807, 2.05) is 50.2 Å². The first-order chi connectivity index (χ1) is 13.0. The van der Waals surface area contributed by atoms with E-state index >= 15 is 0 Å². The molecule has 27 heavy (non-hydrogen) atoms. The molecule has 0 spiro atoms. The van der Waals surface area contributed by atoms with Crippen molar-refractivity contribution in [2.24, 2.45) is 0 Å². The van der Waals surface area contributed by atoms with E-state index in [2.05, 4.69) is 20.3 Å². The number of fused-ring (bicyclic) bond motifs is 2. The molecule has 0 saturated carbocycles. The Morgan fingerprint density at radius 3 is 2.74 bits per heavy atom. The standard InChI is InChI=1S/C21H20N4O2/c1-3-15(20-23-17-9-8-12(2)10-18(17)24-20)25-21(27)14-11-19(26)22-16-7-5-4-6-13(14)16/h4-11,15H,3H2,1-2H3,(H,22,26)(H,23,24)(H,25,27). The van der Waals surface area contributed by atoms with E-state index in [1.165, 1.54) is 6.07 Å². The maximum Gasteiger partial charge on any atom is 0.252 e. The van der Waals surface area contributed by atoms with Gasteiger partial charge in [0.15, 0.2) is 0 Å². The average molecular weight is 360 g/mol. The molecule has 6 heteroatoms. The molecule has 1 unspecified atom stereocenters. The number of hydrogen-bond donors (Lipinski definition) is 3. The van der Waals surface area contributed by atoms with Crippen LogP contribution < -0.4 is 10.9 Å². The van der Waals surface area contributed by atoms with Gasteiger partial charge in [-0.1, -0.05) is 31.2 Å². The van der Waals surface area contributed by atoms with E-state index < -0.39 is 0 Å². The smallest absolute Gasteiger partial charge is 0.252 e. The second-order valence-corrected chi connectivity index (χ2v) is 6.67. The number of H-pyrrole nitrogens is 2. The predicted octanol–water partition coefficient (Wildman–Crippen LogP) is 3.59. The Morgan fingerprint density at radius 2 is 1.93 bits per heavy atom. The number of nitrogens with zero attached hydrogens (tertiary/aromatic N) is 1. The topological polar surface area (TPSA) is 90.6 Å². The summed E-state index contributed by atoms with van der Waals surface area (Å²) in [6, 6.07) is 14.3. The van der Waals surface area contributed by atoms with Gasteiger partial charge in [-0.2, -0.15) is 0 Å². The number of aromatic amines is 2. The van der Waals surface area contributed by atoms with Crippen LogP contribution in [0.4, 0.5) is 0 Å². The zero-order valence-corrected chi connectivity index (χ0v) is 15.2. The summed E-state index contributed by atoms with van der Waals surface area (Å²) < 4.78 is 0. The van der Waals surface area contributed by atoms with E-state index in [-0.39, 0.29) is 17.5 Å². The highest BCUT2D eigenvalue weighted by atomic mass is 16.2. The number of imidazole rings is 1. The van der Waals surface area contributed by atoms with E-state index in [0.29, 0.717) is 28.7 Å². The highest BCUT2D eigenvalue weighted by Gasteiger charge is 2.19. The summed E-state index contributed by atoms with van der Waals surface area (Å²) in [5, 5.41) is 3.72. The molecule has 0 bridgehead atoms. The van der Waals surface area contributed by atoms with Crippen molar-refractivity contribution >= 4 is 27.8 Å². The number of aryl methyl sites for hydroxylation is 1. The summed E-state index contributed by atoms with van der Waals surface area (Å²) in [6.45, 7) is 4.01. The van der Waals surface area contributed by atoms with Gasteiger partial charge < -0.3 is 15.3 Å². The van der Waals surface area contributed by atoms with Gasteiger partial charge in [0, 0.05) is 17.0 Å². The van der Waals surface area contributed by atoms with Gasteiger partial charge in [-0.05, 0) is 37.1 Å². The minimum Gasteiger partial charge on any atom is -0.342 e. The fourth-order valence-electron chi connectivity index (χ4n) is 3.30. The lowest BCUT2D eigenvalue weighted by molar-refractivity contribution is 0.0935. The van der Waals surface area contributed by atoms with Crippen molar-refractivity contribution in [1.29, 1.82) is 0 Å². The SMILES string of the molecule is CCC(NC(=O)c1cc(=O)[nH]c2ccccc12)c1nc2ccc(C)cc2[nH]1. The van der Waals surface area contributed by atoms with Gasteiger partial charge in [0.25, 0.3) is 5.91 Å². The number of carbonyl (C=O) groups is 1. The van der Waals surface area contributed by atoms with Gasteiger partial charge in [-0.15, -0.1) is 0 Å². The van der Waals surface area contributed by atoms with Crippen LogP contribution in [0.2, 0.25) is 0 Å². The maximum atomic E-state index is 12.9. The van der Waals surface area contributed by atoms with Crippen LogP contribution in [0.1, 0.15) is 41.1 Å². The molecule has 136 valence electrons. The largest absolute Gasteiger partial charge is 0.342 e. The number of hydrogen-bond acceptors (Lipinski definition) is 3. The Hall–Kier alpha value is -3.41. The van der Waals surface area contributed by atoms with E-state index in [1.54, 1.807) is 6.07 Å². The third-order valence-electron chi connectivity index (χ3n) is 4.69. The zero-order valence-electron chi connectivity index (χ0n) is 15.2. The summed E-state index contributed by atoms with van der Waals surface area (Å²) >= 11 is 0. The van der Waals surface area contributed by atoms with Gasteiger partial charge in [-0.25, -0.2) is 4.98 Å². The molecule has 1 amide bonds. The molecule has 2 aromatic carbocycles. The van der Waals surface area contributed by atoms with Crippen LogP contribution in [0.5, 0.6) is 0 Å². The molecule has 0 saturated heterocycles. The average Bonchev–Trinajstić information content (AvgIpc) is 3.08. The molecule has 4 rings (SSSR count). The molecule has 0 aliphatic heterocycles. The normalized spacial score (nSPS) is 12.4. The van der Waals surface area contributed by atoms with Crippen molar-refractivity contribution in [2.45, 2.75) is 26.3 Å². The Morgan fingerprint density at radius 1 is 1.11 bits per heavy atom. The molecule has 0 radical (unpaired) electrons. The predicted molar refractivity (Wildman–Crippen MR) is 106 cm³/mol. The highest BCUT2D eigenvalue weighted by molar-refractivity contribution is 6.06. The third-order valence-corrected chi connectivity index (χ3v) is 4.69. The van der Waals surface area contributed by atoms with Crippen molar-refractivity contribution < 1.29 is 4.79 Å². The van der Waals surface area contributed by atoms with Gasteiger partial charge in [0.05, 0.1) is 22.6 Å². The second kappa shape index (κ2) is 6.72. The Bertz CT molecular complexity index is 1210. The lowest BCUT2D eigenvalue weighted by atomic mass is 10.1. The van der Waals surface area contributed by atoms with Gasteiger partial charge >= 0.3 is 0 Å². The molecule has 6 nitrogen and oxygen atoms in total. The van der Waals surface area contributed by atoms with E-state index in [4.69, 9.17) is 0 Å². The number of para-hydroxylation sites is 1. The summed E-state index contributed by atoms with van der Waals surface area (Å²) in [5.41, 5.74) is 3.65. The fraction of sp³-hybridized carbons (Fsp3) is 0.190. The molecule has 0 aliphatic rings. The summed E-state index contributed by atoms with van der Waals surface area (Å²) in [7, 11) is 0. The molecule has 2 heterocycles. The number of rotatable bonds is 4. The van der Waals surface area contributed by atoms with Gasteiger partial charge in [0.2, 0.25) is 5.56 Å². The van der Waals surface area contributed by atoms with Crippen molar-refractivity contribution in [3.05, 3.63) is 75.8 Å². The molecular weight excluding hydrogens is 340 g/mol. The molecule has 3 N–H and O–H groups in total. The van der Waals surface area contributed by atoms with Gasteiger partial charge in [-0.3, -0.25) is 9.59 Å². The number of benzene rings is 2. The lowest BCUT2D eigenvalue weighted by Gasteiger charge is -2.15. The molecule has 0 aliphatic carbocycles. The van der Waals surface area contributed by atoms with E-state index in [9.17, 15) is 9.59 Å². The fourth-order valence-corrected chi connectivity index (χ4v) is 3.30. The van der Waals surface area contributed by atoms with E-state index in [0.717, 1.165) is 16.6 Å². The molecule has 2 aromatic heterocycles. The number of aromatic nitrogens is 3. The summed E-state index contributed by atoms with van der Waals surface area (Å²) in [6.07, 6.45) is 0.672. The van der Waals surface area contributed by atoms with Crippen molar-refractivity contribution in [1.82, 2.24) is 20.3 Å². The number of carbonyl (C=O) groups excluding carboxylic acids is 1. The molecule has 4 aromatic rings. The van der Waals surface area contributed by atoms with Crippen LogP contribution >= 0.6 is 0 Å². The molecule has 1 atom stereocenters. The first kappa shape index (κ1) is 17.0. The van der Waals surface area contributed by atoms with Crippen molar-refractivity contribution in [3.8, 4) is 0 Å². The maximum absolute atomic E-state index is 12.9.